The monoisotopic (exact) mass is 231 g/mol. The highest BCUT2D eigenvalue weighted by Gasteiger charge is 2.34. The smallest absolute Gasteiger partial charge is 0.0223 e. The number of nitrogens with zero attached hydrogens (tertiary/aromatic N) is 1. The first-order valence-corrected chi connectivity index (χ1v) is 7.08. The van der Waals surface area contributed by atoms with Gasteiger partial charge in [-0.1, -0.05) is 20.3 Å². The third-order valence-electron chi connectivity index (χ3n) is 4.13. The van der Waals surface area contributed by atoms with Crippen molar-refractivity contribution in [2.24, 2.45) is 5.41 Å². The molecule has 0 amide bonds. The number of hydrogen-bond donors (Lipinski definition) is 0. The maximum atomic E-state index is 5.67. The zero-order chi connectivity index (χ0) is 11.1. The van der Waals surface area contributed by atoms with Crippen LogP contribution in [0.3, 0.4) is 0 Å². The van der Waals surface area contributed by atoms with Gasteiger partial charge in [-0.3, -0.25) is 0 Å². The highest BCUT2D eigenvalue weighted by atomic mass is 35.5. The summed E-state index contributed by atoms with van der Waals surface area (Å²) in [5, 5.41) is 0. The molecular weight excluding hydrogens is 206 g/mol. The van der Waals surface area contributed by atoms with Crippen LogP contribution >= 0.6 is 11.6 Å². The molecule has 0 aromatic heterocycles. The Hall–Kier alpha value is 0.250. The fraction of sp³-hybridized carbons (Fsp3) is 1.00. The highest BCUT2D eigenvalue weighted by Crippen LogP contribution is 2.36. The molecule has 0 aromatic carbocycles. The molecule has 1 fully saturated rings. The third-order valence-corrected chi connectivity index (χ3v) is 4.39. The lowest BCUT2D eigenvalue weighted by Crippen LogP contribution is -2.27. The van der Waals surface area contributed by atoms with Gasteiger partial charge in [-0.05, 0) is 50.6 Å². The van der Waals surface area contributed by atoms with Gasteiger partial charge in [0, 0.05) is 12.4 Å². The van der Waals surface area contributed by atoms with E-state index in [9.17, 15) is 0 Å². The Morgan fingerprint density at radius 3 is 2.40 bits per heavy atom. The van der Waals surface area contributed by atoms with Gasteiger partial charge < -0.3 is 4.90 Å². The minimum absolute atomic E-state index is 0.645. The zero-order valence-corrected chi connectivity index (χ0v) is 11.2. The molecule has 0 unspecified atom stereocenters. The molecule has 1 heterocycles. The Bertz CT molecular complexity index is 166. The molecule has 0 aliphatic carbocycles. The molecular formula is C13H26ClN. The summed E-state index contributed by atoms with van der Waals surface area (Å²) in [6.07, 6.45) is 7.92. The van der Waals surface area contributed by atoms with E-state index < -0.39 is 0 Å². The second-order valence-electron chi connectivity index (χ2n) is 4.98. The number of alkyl halides is 1. The van der Waals surface area contributed by atoms with Crippen LogP contribution in [0.15, 0.2) is 0 Å². The number of unbranched alkanes of at least 4 members (excludes halogenated alkanes) is 2. The summed E-state index contributed by atoms with van der Waals surface area (Å²) in [5.41, 5.74) is 0.645. The van der Waals surface area contributed by atoms with Crippen molar-refractivity contribution in [2.45, 2.75) is 52.4 Å². The topological polar surface area (TPSA) is 3.24 Å². The van der Waals surface area contributed by atoms with Crippen molar-refractivity contribution in [3.05, 3.63) is 0 Å². The van der Waals surface area contributed by atoms with Gasteiger partial charge in [0.2, 0.25) is 0 Å². The van der Waals surface area contributed by atoms with E-state index >= 15 is 0 Å². The van der Waals surface area contributed by atoms with Crippen LogP contribution in [-0.2, 0) is 0 Å². The van der Waals surface area contributed by atoms with E-state index in [1.54, 1.807) is 0 Å². The largest absolute Gasteiger partial charge is 0.303 e. The molecule has 1 aliphatic rings. The molecule has 0 bridgehead atoms. The summed E-state index contributed by atoms with van der Waals surface area (Å²) in [5.74, 6) is 0.827. The standard InChI is InChI=1S/C13H26ClN/c1-3-13(4-2)8-11-15(12-13)10-7-5-6-9-14/h3-12H2,1-2H3. The molecule has 1 aliphatic heterocycles. The third kappa shape index (κ3) is 3.96. The van der Waals surface area contributed by atoms with E-state index in [-0.39, 0.29) is 0 Å². The van der Waals surface area contributed by atoms with Gasteiger partial charge in [0.05, 0.1) is 0 Å². The molecule has 1 rings (SSSR count). The van der Waals surface area contributed by atoms with Gasteiger partial charge >= 0.3 is 0 Å². The molecule has 1 saturated heterocycles. The number of rotatable bonds is 7. The molecule has 0 N–H and O–H groups in total. The minimum Gasteiger partial charge on any atom is -0.303 e. The van der Waals surface area contributed by atoms with Gasteiger partial charge in [-0.15, -0.1) is 11.6 Å². The summed E-state index contributed by atoms with van der Waals surface area (Å²) in [6, 6.07) is 0. The maximum absolute atomic E-state index is 5.67. The zero-order valence-electron chi connectivity index (χ0n) is 10.4. The second-order valence-corrected chi connectivity index (χ2v) is 5.36. The molecule has 1 nitrogen and oxygen atoms in total. The van der Waals surface area contributed by atoms with Crippen molar-refractivity contribution < 1.29 is 0 Å². The van der Waals surface area contributed by atoms with E-state index in [1.807, 2.05) is 0 Å². The minimum atomic E-state index is 0.645. The van der Waals surface area contributed by atoms with Crippen LogP contribution in [0.5, 0.6) is 0 Å². The number of halogens is 1. The molecule has 2 heteroatoms. The normalized spacial score (nSPS) is 21.0. The average molecular weight is 232 g/mol. The lowest BCUT2D eigenvalue weighted by molar-refractivity contribution is 0.238. The maximum Gasteiger partial charge on any atom is 0.0223 e. The van der Waals surface area contributed by atoms with Crippen molar-refractivity contribution >= 4 is 11.6 Å². The van der Waals surface area contributed by atoms with E-state index in [2.05, 4.69) is 18.7 Å². The molecule has 0 atom stereocenters. The van der Waals surface area contributed by atoms with Crippen molar-refractivity contribution in [3.8, 4) is 0 Å². The van der Waals surface area contributed by atoms with Gasteiger partial charge in [0.1, 0.15) is 0 Å². The molecule has 0 spiro atoms. The first-order chi connectivity index (χ1) is 7.26. The van der Waals surface area contributed by atoms with Gasteiger partial charge in [0.15, 0.2) is 0 Å². The van der Waals surface area contributed by atoms with E-state index in [0.29, 0.717) is 5.41 Å². The Morgan fingerprint density at radius 1 is 1.13 bits per heavy atom. The Kier molecular flexibility index (Phi) is 5.99. The summed E-state index contributed by atoms with van der Waals surface area (Å²) >= 11 is 5.67. The Balaban J connectivity index is 2.18. The van der Waals surface area contributed by atoms with Crippen LogP contribution < -0.4 is 0 Å². The molecule has 0 radical (unpaired) electrons. The predicted octanol–water partition coefficient (Wildman–Crippen LogP) is 3.91. The summed E-state index contributed by atoms with van der Waals surface area (Å²) in [6.45, 7) is 8.64. The summed E-state index contributed by atoms with van der Waals surface area (Å²) in [4.78, 5) is 2.65. The van der Waals surface area contributed by atoms with Gasteiger partial charge in [-0.25, -0.2) is 0 Å². The van der Waals surface area contributed by atoms with Crippen LogP contribution in [0.25, 0.3) is 0 Å². The number of hydrogen-bond acceptors (Lipinski definition) is 1. The summed E-state index contributed by atoms with van der Waals surface area (Å²) < 4.78 is 0. The quantitative estimate of drug-likeness (QED) is 0.475. The highest BCUT2D eigenvalue weighted by molar-refractivity contribution is 6.17. The lowest BCUT2D eigenvalue weighted by Gasteiger charge is -2.26. The fourth-order valence-electron chi connectivity index (χ4n) is 2.65. The molecule has 90 valence electrons. The van der Waals surface area contributed by atoms with E-state index in [0.717, 1.165) is 5.88 Å². The summed E-state index contributed by atoms with van der Waals surface area (Å²) in [7, 11) is 0. The van der Waals surface area contributed by atoms with Crippen molar-refractivity contribution in [1.82, 2.24) is 4.90 Å². The first kappa shape index (κ1) is 13.3. The van der Waals surface area contributed by atoms with Crippen LogP contribution in [0.4, 0.5) is 0 Å². The van der Waals surface area contributed by atoms with Gasteiger partial charge in [0.25, 0.3) is 0 Å². The predicted molar refractivity (Wildman–Crippen MR) is 68.6 cm³/mol. The molecule has 0 saturated carbocycles. The van der Waals surface area contributed by atoms with Crippen LogP contribution in [0.1, 0.15) is 52.4 Å². The van der Waals surface area contributed by atoms with E-state index in [4.69, 9.17) is 11.6 Å². The Morgan fingerprint density at radius 2 is 1.87 bits per heavy atom. The molecule has 15 heavy (non-hydrogen) atoms. The van der Waals surface area contributed by atoms with Crippen LogP contribution in [-0.4, -0.2) is 30.4 Å². The number of likely N-dealkylation sites (tertiary alicyclic amines) is 1. The average Bonchev–Trinajstić information content (AvgIpc) is 2.69. The SMILES string of the molecule is CCC1(CC)CCN(CCCCCCl)C1. The first-order valence-electron chi connectivity index (χ1n) is 6.54. The van der Waals surface area contributed by atoms with Crippen LogP contribution in [0, 0.1) is 5.41 Å². The fourth-order valence-corrected chi connectivity index (χ4v) is 2.84. The molecule has 0 aromatic rings. The lowest BCUT2D eigenvalue weighted by atomic mass is 9.82. The Labute approximate surface area is 100 Å². The van der Waals surface area contributed by atoms with Crippen molar-refractivity contribution in [2.75, 3.05) is 25.5 Å². The van der Waals surface area contributed by atoms with Crippen LogP contribution in [0.2, 0.25) is 0 Å². The van der Waals surface area contributed by atoms with Gasteiger partial charge in [-0.2, -0.15) is 0 Å². The van der Waals surface area contributed by atoms with Crippen molar-refractivity contribution in [1.29, 1.82) is 0 Å². The van der Waals surface area contributed by atoms with Crippen molar-refractivity contribution in [3.63, 3.8) is 0 Å². The second kappa shape index (κ2) is 6.75. The van der Waals surface area contributed by atoms with E-state index in [1.165, 1.54) is 58.2 Å².